The van der Waals surface area contributed by atoms with Crippen molar-refractivity contribution < 1.29 is 13.2 Å². The third-order valence-corrected chi connectivity index (χ3v) is 6.44. The molecule has 2 bridgehead atoms. The van der Waals surface area contributed by atoms with E-state index in [1.165, 1.54) is 23.7 Å². The van der Waals surface area contributed by atoms with Crippen molar-refractivity contribution in [2.45, 2.75) is 32.0 Å². The van der Waals surface area contributed by atoms with Gasteiger partial charge in [-0.05, 0) is 43.7 Å². The molecule has 4 heterocycles. The summed E-state index contributed by atoms with van der Waals surface area (Å²) < 4.78 is 44.7. The second kappa shape index (κ2) is 6.29. The minimum atomic E-state index is -4.48. The topological polar surface area (TPSA) is 71.2 Å². The number of aromatic nitrogens is 5. The van der Waals surface area contributed by atoms with Crippen LogP contribution in [0.4, 0.5) is 24.3 Å². The monoisotopic (exact) mass is 409 g/mol. The van der Waals surface area contributed by atoms with E-state index in [4.69, 9.17) is 0 Å². The molecule has 0 amide bonds. The Labute approximate surface area is 162 Å². The van der Waals surface area contributed by atoms with E-state index in [9.17, 15) is 13.2 Å². The maximum atomic E-state index is 13.2. The molecular weight excluding hydrogens is 391 g/mol. The number of piperidine rings is 1. The van der Waals surface area contributed by atoms with Crippen LogP contribution in [-0.4, -0.2) is 43.1 Å². The van der Waals surface area contributed by atoms with Crippen molar-refractivity contribution in [2.24, 2.45) is 11.8 Å². The number of alkyl halides is 3. The predicted molar refractivity (Wildman–Crippen MR) is 98.5 cm³/mol. The van der Waals surface area contributed by atoms with Crippen molar-refractivity contribution >= 4 is 28.3 Å². The Kier molecular flexibility index (Phi) is 3.97. The van der Waals surface area contributed by atoms with E-state index >= 15 is 0 Å². The SMILES string of the molecule is Cc1nsc(N2C[C@H]3CC[C@@H](C2)C3Nc2nc3cccc(C(F)(F)F)n3n2)n1. The minimum absolute atomic E-state index is 0.150. The van der Waals surface area contributed by atoms with Gasteiger partial charge in [-0.15, -0.1) is 5.10 Å². The van der Waals surface area contributed by atoms with Crippen LogP contribution in [0.25, 0.3) is 5.65 Å². The normalized spacial score (nSPS) is 24.9. The van der Waals surface area contributed by atoms with E-state index in [0.717, 1.165) is 47.5 Å². The van der Waals surface area contributed by atoms with E-state index in [1.807, 2.05) is 6.92 Å². The number of fused-ring (bicyclic) bond motifs is 3. The quantitative estimate of drug-likeness (QED) is 0.716. The first-order valence-corrected chi connectivity index (χ1v) is 9.90. The first-order chi connectivity index (χ1) is 13.4. The van der Waals surface area contributed by atoms with Crippen LogP contribution in [0.5, 0.6) is 0 Å². The van der Waals surface area contributed by atoms with Crippen molar-refractivity contribution in [1.82, 2.24) is 24.0 Å². The molecule has 1 unspecified atom stereocenters. The maximum Gasteiger partial charge on any atom is 0.433 e. The van der Waals surface area contributed by atoms with Crippen molar-refractivity contribution in [2.75, 3.05) is 23.3 Å². The molecule has 2 fully saturated rings. The molecule has 1 saturated heterocycles. The second-order valence-corrected chi connectivity index (χ2v) is 8.14. The zero-order chi connectivity index (χ0) is 19.5. The average Bonchev–Trinajstić information content (AvgIpc) is 3.30. The molecule has 1 aliphatic carbocycles. The summed E-state index contributed by atoms with van der Waals surface area (Å²) in [6, 6.07) is 4.04. The Bertz CT molecular complexity index is 1000. The maximum absolute atomic E-state index is 13.2. The Hall–Kier alpha value is -2.43. The fourth-order valence-electron chi connectivity index (χ4n) is 4.36. The fourth-order valence-corrected chi connectivity index (χ4v) is 5.05. The number of halogens is 3. The van der Waals surface area contributed by atoms with Gasteiger partial charge in [0.2, 0.25) is 11.1 Å². The van der Waals surface area contributed by atoms with Gasteiger partial charge in [0.05, 0.1) is 0 Å². The molecular formula is C17H18F3N7S. The lowest BCUT2D eigenvalue weighted by molar-refractivity contribution is -0.142. The van der Waals surface area contributed by atoms with E-state index in [1.54, 1.807) is 0 Å². The standard InChI is InChI=1S/C17H18F3N7S/c1-9-21-16(28-25-9)26-7-10-5-6-11(8-26)14(10)23-15-22-13-4-2-3-12(17(18,19)20)27(13)24-15/h2-4,10-11,14H,5-8H2,1H3,(H,23,24)/t10-,11+,14?. The Morgan fingerprint density at radius 2 is 1.89 bits per heavy atom. The summed E-state index contributed by atoms with van der Waals surface area (Å²) >= 11 is 1.41. The van der Waals surface area contributed by atoms with Crippen LogP contribution in [0.3, 0.4) is 0 Å². The molecule has 1 aliphatic heterocycles. The number of anilines is 2. The summed E-state index contributed by atoms with van der Waals surface area (Å²) in [6.45, 7) is 3.58. The largest absolute Gasteiger partial charge is 0.433 e. The lowest BCUT2D eigenvalue weighted by Gasteiger charge is -2.37. The van der Waals surface area contributed by atoms with Crippen molar-refractivity contribution in [3.05, 3.63) is 29.7 Å². The van der Waals surface area contributed by atoms with Crippen LogP contribution in [0.1, 0.15) is 24.4 Å². The highest BCUT2D eigenvalue weighted by atomic mass is 32.1. The number of nitrogens with zero attached hydrogens (tertiary/aromatic N) is 6. The van der Waals surface area contributed by atoms with Gasteiger partial charge >= 0.3 is 6.18 Å². The minimum Gasteiger partial charge on any atom is -0.349 e. The Balaban J connectivity index is 1.37. The van der Waals surface area contributed by atoms with E-state index < -0.39 is 11.9 Å². The third-order valence-electron chi connectivity index (χ3n) is 5.57. The first kappa shape index (κ1) is 17.7. The van der Waals surface area contributed by atoms with Gasteiger partial charge in [-0.2, -0.15) is 22.5 Å². The molecule has 5 rings (SSSR count). The van der Waals surface area contributed by atoms with Gasteiger partial charge < -0.3 is 10.2 Å². The van der Waals surface area contributed by atoms with Gasteiger partial charge in [-0.25, -0.2) is 9.50 Å². The van der Waals surface area contributed by atoms with Gasteiger partial charge in [-0.3, -0.25) is 0 Å². The zero-order valence-corrected chi connectivity index (χ0v) is 15.8. The van der Waals surface area contributed by atoms with Crippen LogP contribution in [0.2, 0.25) is 0 Å². The molecule has 2 aliphatic rings. The Morgan fingerprint density at radius 3 is 2.54 bits per heavy atom. The van der Waals surface area contributed by atoms with Crippen molar-refractivity contribution in [1.29, 1.82) is 0 Å². The summed E-state index contributed by atoms with van der Waals surface area (Å²) in [5, 5.41) is 8.35. The molecule has 0 radical (unpaired) electrons. The van der Waals surface area contributed by atoms with Gasteiger partial charge in [0.15, 0.2) is 5.65 Å². The summed E-state index contributed by atoms with van der Waals surface area (Å²) in [5.41, 5.74) is -0.638. The average molecular weight is 409 g/mol. The smallest absolute Gasteiger partial charge is 0.349 e. The van der Waals surface area contributed by atoms with Crippen LogP contribution < -0.4 is 10.2 Å². The third kappa shape index (κ3) is 2.97. The molecule has 3 aromatic heterocycles. The molecule has 0 aromatic carbocycles. The highest BCUT2D eigenvalue weighted by Crippen LogP contribution is 2.40. The molecule has 0 spiro atoms. The molecule has 28 heavy (non-hydrogen) atoms. The fraction of sp³-hybridized carbons (Fsp3) is 0.529. The van der Waals surface area contributed by atoms with Crippen molar-refractivity contribution in [3.63, 3.8) is 0 Å². The summed E-state index contributed by atoms with van der Waals surface area (Å²) in [5.74, 6) is 1.77. The molecule has 1 N–H and O–H groups in total. The summed E-state index contributed by atoms with van der Waals surface area (Å²) in [4.78, 5) is 11.0. The summed E-state index contributed by atoms with van der Waals surface area (Å²) in [7, 11) is 0. The van der Waals surface area contributed by atoms with E-state index in [2.05, 4.69) is 29.7 Å². The first-order valence-electron chi connectivity index (χ1n) is 9.13. The molecule has 3 aromatic rings. The second-order valence-electron chi connectivity index (χ2n) is 7.41. The molecule has 3 atom stereocenters. The predicted octanol–water partition coefficient (Wildman–Crippen LogP) is 3.23. The van der Waals surface area contributed by atoms with E-state index in [-0.39, 0.29) is 17.6 Å². The number of hydrogen-bond acceptors (Lipinski definition) is 7. The van der Waals surface area contributed by atoms with Crippen molar-refractivity contribution in [3.8, 4) is 0 Å². The summed E-state index contributed by atoms with van der Waals surface area (Å²) in [6.07, 6.45) is -2.34. The Morgan fingerprint density at radius 1 is 1.14 bits per heavy atom. The van der Waals surface area contributed by atoms with E-state index in [0.29, 0.717) is 11.8 Å². The van der Waals surface area contributed by atoms with Crippen LogP contribution in [-0.2, 0) is 6.18 Å². The number of hydrogen-bond donors (Lipinski definition) is 1. The molecule has 1 saturated carbocycles. The van der Waals surface area contributed by atoms with Gasteiger partial charge in [-0.1, -0.05) is 6.07 Å². The van der Waals surface area contributed by atoms with Crippen LogP contribution in [0, 0.1) is 18.8 Å². The van der Waals surface area contributed by atoms with Crippen LogP contribution >= 0.6 is 11.5 Å². The molecule has 148 valence electrons. The number of nitrogens with one attached hydrogen (secondary N) is 1. The number of rotatable bonds is 3. The highest BCUT2D eigenvalue weighted by molar-refractivity contribution is 7.09. The lowest BCUT2D eigenvalue weighted by atomic mass is 9.92. The van der Waals surface area contributed by atoms with Crippen LogP contribution in [0.15, 0.2) is 18.2 Å². The number of pyridine rings is 1. The zero-order valence-electron chi connectivity index (χ0n) is 15.0. The lowest BCUT2D eigenvalue weighted by Crippen LogP contribution is -2.48. The van der Waals surface area contributed by atoms with Gasteiger partial charge in [0.1, 0.15) is 11.5 Å². The van der Waals surface area contributed by atoms with Gasteiger partial charge in [0.25, 0.3) is 0 Å². The molecule has 7 nitrogen and oxygen atoms in total. The molecule has 11 heteroatoms. The number of aryl methyl sites for hydroxylation is 1. The van der Waals surface area contributed by atoms with Gasteiger partial charge in [0, 0.05) is 30.7 Å². The highest BCUT2D eigenvalue weighted by Gasteiger charge is 2.43.